The molecule has 4 rings (SSSR count). The molecule has 206 valence electrons. The number of carbonyl (C=O) groups is 2. The second kappa shape index (κ2) is 18.3. The number of halogens is 2. The molecule has 12 heteroatoms. The summed E-state index contributed by atoms with van der Waals surface area (Å²) >= 11 is 11.6. The van der Waals surface area contributed by atoms with Gasteiger partial charge in [-0.15, -0.1) is 0 Å². The van der Waals surface area contributed by atoms with Gasteiger partial charge < -0.3 is 25.1 Å². The minimum Gasteiger partial charge on any atom is -0.870 e. The molecule has 0 unspecified atom stereocenters. The third kappa shape index (κ3) is 11.8. The van der Waals surface area contributed by atoms with Gasteiger partial charge in [0.05, 0.1) is 17.2 Å². The summed E-state index contributed by atoms with van der Waals surface area (Å²) in [5.74, 6) is 1.79. The van der Waals surface area contributed by atoms with Crippen molar-refractivity contribution in [3.05, 3.63) is 46.7 Å². The Labute approximate surface area is 247 Å². The summed E-state index contributed by atoms with van der Waals surface area (Å²) in [6.45, 7) is 3.59. The van der Waals surface area contributed by atoms with Crippen LogP contribution in [0.5, 0.6) is 0 Å². The molecule has 2 aliphatic rings. The molecule has 0 amide bonds. The number of carboxylic acid groups (broad SMARTS) is 1. The smallest absolute Gasteiger partial charge is 0.870 e. The number of ether oxygens (including phenoxy) is 1. The number of pyridine rings is 2. The fourth-order valence-electron chi connectivity index (χ4n) is 4.41. The summed E-state index contributed by atoms with van der Waals surface area (Å²) in [5, 5.41) is 10.0. The third-order valence-electron chi connectivity index (χ3n) is 6.45. The largest absolute Gasteiger partial charge is 1.00 e. The second-order valence-corrected chi connectivity index (χ2v) is 9.78. The van der Waals surface area contributed by atoms with Gasteiger partial charge in [0.15, 0.2) is 0 Å². The van der Waals surface area contributed by atoms with Crippen LogP contribution in [0, 0.1) is 11.8 Å². The van der Waals surface area contributed by atoms with Crippen molar-refractivity contribution in [3.8, 4) is 0 Å². The predicted octanol–water partition coefficient (Wildman–Crippen LogP) is 2.40. The fourth-order valence-corrected chi connectivity index (χ4v) is 4.63. The van der Waals surface area contributed by atoms with Crippen molar-refractivity contribution in [2.45, 2.75) is 46.0 Å². The molecule has 0 saturated carbocycles. The number of aliphatic carboxylic acids is 1. The van der Waals surface area contributed by atoms with Crippen LogP contribution in [0.1, 0.15) is 46.0 Å². The maximum Gasteiger partial charge on any atom is 1.00 e. The van der Waals surface area contributed by atoms with E-state index in [1.54, 1.807) is 12.4 Å². The first-order chi connectivity index (χ1) is 16.8. The summed E-state index contributed by atoms with van der Waals surface area (Å²) in [6, 6.07) is 7.51. The van der Waals surface area contributed by atoms with Gasteiger partial charge in [-0.1, -0.05) is 30.6 Å². The quantitative estimate of drug-likeness (QED) is 0.417. The minimum absolute atomic E-state index is 0. The molecule has 2 fully saturated rings. The van der Waals surface area contributed by atoms with Crippen LogP contribution in [0.25, 0.3) is 0 Å². The monoisotopic (exact) mass is 562 g/mol. The first kappa shape index (κ1) is 36.0. The summed E-state index contributed by atoms with van der Waals surface area (Å²) in [5.41, 5.74) is 0. The zero-order valence-electron chi connectivity index (χ0n) is 21.4. The van der Waals surface area contributed by atoms with Crippen LogP contribution in [0.4, 0.5) is 11.6 Å². The van der Waals surface area contributed by atoms with E-state index in [-0.39, 0.29) is 44.2 Å². The molecule has 0 aromatic carbocycles. The molecule has 38 heavy (non-hydrogen) atoms. The van der Waals surface area contributed by atoms with E-state index in [2.05, 4.69) is 19.8 Å². The van der Waals surface area contributed by atoms with E-state index in [9.17, 15) is 9.59 Å². The van der Waals surface area contributed by atoms with E-state index in [1.807, 2.05) is 24.3 Å². The van der Waals surface area contributed by atoms with Crippen molar-refractivity contribution >= 4 is 46.8 Å². The summed E-state index contributed by atoms with van der Waals surface area (Å²) in [7, 11) is 1.44. The van der Waals surface area contributed by atoms with Gasteiger partial charge >= 0.3 is 30.8 Å². The van der Waals surface area contributed by atoms with Crippen LogP contribution in [0.2, 0.25) is 10.0 Å². The molecule has 4 heterocycles. The third-order valence-corrected chi connectivity index (χ3v) is 6.89. The van der Waals surface area contributed by atoms with E-state index in [0.29, 0.717) is 28.3 Å². The van der Waals surface area contributed by atoms with Gasteiger partial charge in [0.2, 0.25) is 0 Å². The molecule has 2 saturated heterocycles. The number of esters is 1. The second-order valence-electron chi connectivity index (χ2n) is 8.91. The molecule has 0 aliphatic carbocycles. The molecule has 2 aliphatic heterocycles. The number of carbonyl (C=O) groups excluding carboxylic acids is 1. The van der Waals surface area contributed by atoms with Gasteiger partial charge in [0.1, 0.15) is 11.6 Å². The fraction of sp³-hybridized carbons (Fsp3) is 0.538. The van der Waals surface area contributed by atoms with Gasteiger partial charge in [0.25, 0.3) is 0 Å². The average Bonchev–Trinajstić information content (AvgIpc) is 2.86. The first-order valence-electron chi connectivity index (χ1n) is 11.9. The molecule has 0 spiro atoms. The Morgan fingerprint density at radius 2 is 1.26 bits per heavy atom. The summed E-state index contributed by atoms with van der Waals surface area (Å²) < 4.78 is 4.70. The summed E-state index contributed by atoms with van der Waals surface area (Å²) in [4.78, 5) is 34.8. The van der Waals surface area contributed by atoms with Crippen molar-refractivity contribution in [3.63, 3.8) is 0 Å². The first-order valence-corrected chi connectivity index (χ1v) is 12.6. The molecular formula is C26H37Cl2LiN4O5. The molecule has 0 bridgehead atoms. The Morgan fingerprint density at radius 1 is 0.868 bits per heavy atom. The number of nitrogens with zero attached hydrogens (tertiary/aromatic N) is 4. The van der Waals surface area contributed by atoms with E-state index in [0.717, 1.165) is 63.5 Å². The van der Waals surface area contributed by atoms with Crippen molar-refractivity contribution in [2.24, 2.45) is 11.8 Å². The van der Waals surface area contributed by atoms with Gasteiger partial charge in [-0.2, -0.15) is 0 Å². The number of hydrogen-bond donors (Lipinski definition) is 1. The van der Waals surface area contributed by atoms with Gasteiger partial charge in [-0.3, -0.25) is 9.59 Å². The van der Waals surface area contributed by atoms with E-state index >= 15 is 0 Å². The van der Waals surface area contributed by atoms with E-state index in [1.165, 1.54) is 7.11 Å². The average molecular weight is 563 g/mol. The number of anilines is 2. The van der Waals surface area contributed by atoms with E-state index in [4.69, 9.17) is 33.0 Å². The van der Waals surface area contributed by atoms with Crippen LogP contribution in [0.15, 0.2) is 36.7 Å². The Morgan fingerprint density at radius 3 is 1.58 bits per heavy atom. The van der Waals surface area contributed by atoms with Crippen LogP contribution in [-0.2, 0) is 14.3 Å². The maximum atomic E-state index is 11.2. The van der Waals surface area contributed by atoms with E-state index < -0.39 is 5.97 Å². The Kier molecular flexibility index (Phi) is 17.3. The van der Waals surface area contributed by atoms with Crippen molar-refractivity contribution in [1.82, 2.24) is 9.97 Å². The van der Waals surface area contributed by atoms with Crippen molar-refractivity contribution in [2.75, 3.05) is 43.1 Å². The molecule has 2 aromatic heterocycles. The van der Waals surface area contributed by atoms with Crippen LogP contribution in [0.3, 0.4) is 0 Å². The number of hydrogen-bond acceptors (Lipinski definition) is 8. The molecule has 2 N–H and O–H groups in total. The minimum atomic E-state index is -0.701. The number of carboxylic acids is 1. The molecule has 0 radical (unpaired) electrons. The zero-order chi connectivity index (χ0) is 25.2. The van der Waals surface area contributed by atoms with Crippen molar-refractivity contribution < 1.29 is 43.8 Å². The standard InChI is InChI=1S/C13H17ClN2O2.C12H15ClN2O2.CH4.Li.H2O/c1-18-13(17)8-10-4-6-16(7-5-10)12-3-2-11(14)9-15-12;13-10-1-2-11(14-8-10)15-5-3-9(4-6-15)7-12(16)17;;;/h2-3,9-10H,4-8H2,1H3;1-2,8-9H,3-7H2,(H,16,17);1H4;;1H2/q;;;+1;/p-1. The Balaban J connectivity index is 0.000000669. The van der Waals surface area contributed by atoms with Gasteiger partial charge in [0, 0.05) is 51.4 Å². The normalized spacial score (nSPS) is 15.6. The number of piperidine rings is 2. The number of methoxy groups -OCH3 is 1. The topological polar surface area (TPSA) is 126 Å². The number of rotatable bonds is 6. The van der Waals surface area contributed by atoms with Gasteiger partial charge in [-0.25, -0.2) is 9.97 Å². The SMILES string of the molecule is C.COC(=O)CC1CCN(c2ccc(Cl)cn2)CC1.O=C(O)CC1CCN(c2ccc(Cl)cn2)CC1.[Li+].[OH-]. The number of aromatic nitrogens is 2. The Hall–Kier alpha value is -2.02. The Bertz CT molecular complexity index is 953. The molecule has 0 atom stereocenters. The van der Waals surface area contributed by atoms with Crippen LogP contribution in [-0.4, -0.2) is 65.8 Å². The van der Waals surface area contributed by atoms with Crippen LogP contribution < -0.4 is 28.7 Å². The zero-order valence-corrected chi connectivity index (χ0v) is 22.9. The van der Waals surface area contributed by atoms with Gasteiger partial charge in [-0.05, 0) is 61.8 Å². The molecule has 9 nitrogen and oxygen atoms in total. The predicted molar refractivity (Wildman–Crippen MR) is 146 cm³/mol. The maximum absolute atomic E-state index is 11.2. The van der Waals surface area contributed by atoms with Crippen molar-refractivity contribution in [1.29, 1.82) is 0 Å². The van der Waals surface area contributed by atoms with Crippen LogP contribution >= 0.6 is 23.2 Å². The molecule has 2 aromatic rings. The summed E-state index contributed by atoms with van der Waals surface area (Å²) in [6.07, 6.45) is 7.93. The molecular weight excluding hydrogens is 526 g/mol.